The molecule has 0 spiro atoms. The molecule has 3 heterocycles. The van der Waals surface area contributed by atoms with E-state index < -0.39 is 0 Å². The number of furan rings is 1. The fourth-order valence-electron chi connectivity index (χ4n) is 3.65. The Morgan fingerprint density at radius 1 is 1.04 bits per heavy atom. The number of hydrogen-bond donors (Lipinski definition) is 0. The molecule has 1 aromatic heterocycles. The zero-order valence-electron chi connectivity index (χ0n) is 14.4. The van der Waals surface area contributed by atoms with E-state index in [1.807, 2.05) is 36.4 Å². The quantitative estimate of drug-likeness (QED) is 0.546. The van der Waals surface area contributed by atoms with Gasteiger partial charge in [-0.05, 0) is 29.7 Å². The van der Waals surface area contributed by atoms with E-state index >= 15 is 0 Å². The lowest BCUT2D eigenvalue weighted by Crippen LogP contribution is -2.05. The zero-order valence-corrected chi connectivity index (χ0v) is 14.4. The van der Waals surface area contributed by atoms with Gasteiger partial charge in [-0.25, -0.2) is 0 Å². The smallest absolute Gasteiger partial charge is 0.142 e. The molecule has 0 saturated carbocycles. The Labute approximate surface area is 156 Å². The van der Waals surface area contributed by atoms with Crippen molar-refractivity contribution in [3.05, 3.63) is 89.6 Å². The van der Waals surface area contributed by atoms with Gasteiger partial charge in [0, 0.05) is 23.0 Å². The molecule has 0 atom stereocenters. The predicted octanol–water partition coefficient (Wildman–Crippen LogP) is 5.45. The summed E-state index contributed by atoms with van der Waals surface area (Å²) < 4.78 is 17.9. The van der Waals surface area contributed by atoms with Gasteiger partial charge in [-0.3, -0.25) is 0 Å². The van der Waals surface area contributed by atoms with Crippen LogP contribution in [0, 0.1) is 11.3 Å². The highest BCUT2D eigenvalue weighted by Crippen LogP contribution is 2.45. The highest BCUT2D eigenvalue weighted by Gasteiger charge is 2.29. The molecule has 0 amide bonds. The SMILES string of the molecule is N#C/C=C1/C=C(c2ccco2)C2=C(O1)c1ccc3ccccc3c1OCC2. The number of nitrogens with zero attached hydrogens (tertiary/aromatic N) is 1. The summed E-state index contributed by atoms with van der Waals surface area (Å²) in [6.45, 7) is 0.540. The minimum absolute atomic E-state index is 0.489. The van der Waals surface area contributed by atoms with Crippen LogP contribution in [0.1, 0.15) is 17.7 Å². The molecule has 4 heteroatoms. The zero-order chi connectivity index (χ0) is 18.2. The molecule has 0 N–H and O–H groups in total. The van der Waals surface area contributed by atoms with Crippen LogP contribution in [0.3, 0.4) is 0 Å². The van der Waals surface area contributed by atoms with E-state index in [1.165, 1.54) is 6.08 Å². The predicted molar refractivity (Wildman–Crippen MR) is 102 cm³/mol. The van der Waals surface area contributed by atoms with Crippen LogP contribution in [-0.2, 0) is 4.74 Å². The number of benzene rings is 2. The van der Waals surface area contributed by atoms with Gasteiger partial charge >= 0.3 is 0 Å². The van der Waals surface area contributed by atoms with Crippen molar-refractivity contribution in [1.29, 1.82) is 5.26 Å². The molecule has 0 saturated heterocycles. The molecule has 4 nitrogen and oxygen atoms in total. The summed E-state index contributed by atoms with van der Waals surface area (Å²) in [4.78, 5) is 0. The lowest BCUT2D eigenvalue weighted by atomic mass is 9.93. The Kier molecular flexibility index (Phi) is 3.58. The maximum absolute atomic E-state index is 9.12. The Morgan fingerprint density at radius 3 is 2.81 bits per heavy atom. The van der Waals surface area contributed by atoms with Crippen molar-refractivity contribution in [1.82, 2.24) is 0 Å². The first-order valence-corrected chi connectivity index (χ1v) is 8.77. The highest BCUT2D eigenvalue weighted by atomic mass is 16.5. The molecule has 5 rings (SSSR count). The van der Waals surface area contributed by atoms with Gasteiger partial charge in [-0.2, -0.15) is 5.26 Å². The van der Waals surface area contributed by atoms with Crippen molar-refractivity contribution in [2.24, 2.45) is 0 Å². The van der Waals surface area contributed by atoms with Crippen molar-refractivity contribution >= 4 is 22.1 Å². The number of allylic oxidation sites excluding steroid dienone is 3. The molecule has 27 heavy (non-hydrogen) atoms. The topological polar surface area (TPSA) is 55.4 Å². The normalized spacial score (nSPS) is 17.3. The van der Waals surface area contributed by atoms with Crippen LogP contribution in [0.5, 0.6) is 5.75 Å². The molecule has 0 unspecified atom stereocenters. The number of ether oxygens (including phenoxy) is 2. The summed E-state index contributed by atoms with van der Waals surface area (Å²) in [5, 5.41) is 11.3. The van der Waals surface area contributed by atoms with Gasteiger partial charge in [0.05, 0.1) is 30.6 Å². The molecule has 0 bridgehead atoms. The Hall–Kier alpha value is -3.71. The van der Waals surface area contributed by atoms with Gasteiger partial charge < -0.3 is 13.9 Å². The van der Waals surface area contributed by atoms with E-state index in [9.17, 15) is 0 Å². The largest absolute Gasteiger partial charge is 0.492 e. The molecule has 0 radical (unpaired) electrons. The standard InChI is InChI=1S/C23H15NO3/c24-11-9-16-14-20(21-6-3-12-25-21)18-10-13-26-22-17-5-2-1-4-15(17)7-8-19(22)23(18)27-16/h1-9,12,14H,10,13H2/b16-9-. The number of nitriles is 1. The monoisotopic (exact) mass is 353 g/mol. The van der Waals surface area contributed by atoms with E-state index in [0.717, 1.165) is 44.8 Å². The molecule has 2 aliphatic rings. The van der Waals surface area contributed by atoms with E-state index in [0.29, 0.717) is 18.8 Å². The summed E-state index contributed by atoms with van der Waals surface area (Å²) in [5.74, 6) is 2.78. The first kappa shape index (κ1) is 15.5. The van der Waals surface area contributed by atoms with Crippen LogP contribution in [-0.4, -0.2) is 6.61 Å². The molecular weight excluding hydrogens is 338 g/mol. The van der Waals surface area contributed by atoms with Crippen LogP contribution in [0.2, 0.25) is 0 Å². The molecule has 2 aromatic carbocycles. The summed E-state index contributed by atoms with van der Waals surface area (Å²) in [7, 11) is 0. The maximum atomic E-state index is 9.12. The average molecular weight is 353 g/mol. The molecule has 2 aliphatic heterocycles. The van der Waals surface area contributed by atoms with Gasteiger partial charge in [0.15, 0.2) is 0 Å². The second kappa shape index (κ2) is 6.22. The Morgan fingerprint density at radius 2 is 1.96 bits per heavy atom. The first-order valence-electron chi connectivity index (χ1n) is 8.77. The lowest BCUT2D eigenvalue weighted by molar-refractivity contribution is 0.328. The van der Waals surface area contributed by atoms with Gasteiger partial charge in [-0.1, -0.05) is 30.3 Å². The van der Waals surface area contributed by atoms with Crippen LogP contribution in [0.25, 0.3) is 22.1 Å². The molecule has 130 valence electrons. The molecule has 0 fully saturated rings. The summed E-state index contributed by atoms with van der Waals surface area (Å²) >= 11 is 0. The average Bonchev–Trinajstić information content (AvgIpc) is 3.16. The minimum Gasteiger partial charge on any atom is -0.492 e. The second-order valence-electron chi connectivity index (χ2n) is 6.38. The van der Waals surface area contributed by atoms with Crippen LogP contribution in [0.4, 0.5) is 0 Å². The third-order valence-electron chi connectivity index (χ3n) is 4.82. The van der Waals surface area contributed by atoms with Crippen molar-refractivity contribution in [3.63, 3.8) is 0 Å². The summed E-state index contributed by atoms with van der Waals surface area (Å²) in [6, 6.07) is 18.0. The summed E-state index contributed by atoms with van der Waals surface area (Å²) in [5.41, 5.74) is 2.84. The third kappa shape index (κ3) is 2.52. The van der Waals surface area contributed by atoms with Gasteiger partial charge in [0.2, 0.25) is 0 Å². The Bertz CT molecular complexity index is 1170. The van der Waals surface area contributed by atoms with Crippen LogP contribution >= 0.6 is 0 Å². The van der Waals surface area contributed by atoms with E-state index in [1.54, 1.807) is 6.26 Å². The lowest BCUT2D eigenvalue weighted by Gasteiger charge is -2.22. The number of fused-ring (bicyclic) bond motifs is 4. The fraction of sp³-hybridized carbons (Fsp3) is 0.0870. The molecule has 0 aliphatic carbocycles. The van der Waals surface area contributed by atoms with Gasteiger partial charge in [-0.15, -0.1) is 0 Å². The van der Waals surface area contributed by atoms with Crippen molar-refractivity contribution < 1.29 is 13.9 Å². The van der Waals surface area contributed by atoms with Crippen LogP contribution in [0.15, 0.2) is 82.7 Å². The number of hydrogen-bond acceptors (Lipinski definition) is 4. The highest BCUT2D eigenvalue weighted by molar-refractivity contribution is 5.97. The Balaban J connectivity index is 1.77. The third-order valence-corrected chi connectivity index (χ3v) is 4.82. The van der Waals surface area contributed by atoms with Crippen molar-refractivity contribution in [2.75, 3.05) is 6.61 Å². The fourth-order valence-corrected chi connectivity index (χ4v) is 3.65. The van der Waals surface area contributed by atoms with E-state index in [4.69, 9.17) is 19.2 Å². The minimum atomic E-state index is 0.489. The summed E-state index contributed by atoms with van der Waals surface area (Å²) in [6.07, 6.45) is 5.59. The van der Waals surface area contributed by atoms with Crippen molar-refractivity contribution in [3.8, 4) is 11.8 Å². The number of rotatable bonds is 1. The van der Waals surface area contributed by atoms with E-state index in [-0.39, 0.29) is 0 Å². The first-order chi connectivity index (χ1) is 13.3. The molecule has 3 aromatic rings. The van der Waals surface area contributed by atoms with Gasteiger partial charge in [0.25, 0.3) is 0 Å². The van der Waals surface area contributed by atoms with Crippen LogP contribution < -0.4 is 4.74 Å². The maximum Gasteiger partial charge on any atom is 0.142 e. The second-order valence-corrected chi connectivity index (χ2v) is 6.38. The van der Waals surface area contributed by atoms with Gasteiger partial charge in [0.1, 0.15) is 23.0 Å². The molecular formula is C23H15NO3. The van der Waals surface area contributed by atoms with E-state index in [2.05, 4.69) is 24.3 Å². The van der Waals surface area contributed by atoms with Crippen molar-refractivity contribution in [2.45, 2.75) is 6.42 Å².